The average molecular weight is 181 g/mol. The molecule has 0 amide bonds. The fraction of sp³-hybridized carbons (Fsp3) is 0.667. The zero-order chi connectivity index (χ0) is 7.72. The van der Waals surface area contributed by atoms with Gasteiger partial charge >= 0.3 is 11.9 Å². The van der Waals surface area contributed by atoms with E-state index in [4.69, 9.17) is 5.11 Å². The summed E-state index contributed by atoms with van der Waals surface area (Å²) in [6.45, 7) is 0. The van der Waals surface area contributed by atoms with Crippen LogP contribution in [0.2, 0.25) is 0 Å². The molecule has 1 rings (SSSR count). The first kappa shape index (κ1) is 10.2. The Labute approximate surface area is 69.9 Å². The molecule has 1 saturated carbocycles. The van der Waals surface area contributed by atoms with E-state index in [-0.39, 0.29) is 18.3 Å². The van der Waals surface area contributed by atoms with Gasteiger partial charge in [0.25, 0.3) is 0 Å². The maximum absolute atomic E-state index is 10.6. The molecule has 0 aliphatic heterocycles. The molecule has 1 aliphatic rings. The van der Waals surface area contributed by atoms with E-state index >= 15 is 0 Å². The van der Waals surface area contributed by atoms with Gasteiger partial charge in [0.2, 0.25) is 0 Å². The van der Waals surface area contributed by atoms with Gasteiger partial charge in [0.15, 0.2) is 0 Å². The van der Waals surface area contributed by atoms with Crippen LogP contribution in [0.15, 0.2) is 0 Å². The van der Waals surface area contributed by atoms with Crippen LogP contribution in [-0.4, -0.2) is 24.2 Å². The minimum absolute atomic E-state index is 0. The first-order valence-electron chi connectivity index (χ1n) is 2.97. The number of carbonyl (C=O) groups is 2. The molecule has 1 aliphatic carbocycles. The number of carboxylic acid groups (broad SMARTS) is 1. The van der Waals surface area contributed by atoms with Gasteiger partial charge in [-0.3, -0.25) is 9.59 Å². The van der Waals surface area contributed by atoms with E-state index < -0.39 is 17.9 Å². The fourth-order valence-electron chi connectivity index (χ4n) is 0.880. The van der Waals surface area contributed by atoms with Crippen molar-refractivity contribution in [2.24, 2.45) is 11.8 Å². The Morgan fingerprint density at radius 1 is 1.45 bits per heavy atom. The lowest BCUT2D eigenvalue weighted by Crippen LogP contribution is -2.08. The van der Waals surface area contributed by atoms with Gasteiger partial charge in [0.05, 0.1) is 18.9 Å². The number of hydrogen-bond donors (Lipinski definition) is 1. The highest BCUT2D eigenvalue weighted by Gasteiger charge is 2.49. The van der Waals surface area contributed by atoms with Crippen molar-refractivity contribution in [3.63, 3.8) is 0 Å². The van der Waals surface area contributed by atoms with E-state index in [1.54, 1.807) is 0 Å². The molecule has 11 heavy (non-hydrogen) atoms. The zero-order valence-corrected chi connectivity index (χ0v) is 6.76. The highest BCUT2D eigenvalue weighted by molar-refractivity contribution is 5.86. The molecule has 64 valence electrons. The van der Waals surface area contributed by atoms with E-state index in [2.05, 4.69) is 4.74 Å². The summed E-state index contributed by atoms with van der Waals surface area (Å²) in [7, 11) is 1.26. The van der Waals surface area contributed by atoms with E-state index in [1.165, 1.54) is 7.11 Å². The molecule has 1 fully saturated rings. The molecule has 0 saturated heterocycles. The van der Waals surface area contributed by atoms with E-state index in [0.29, 0.717) is 6.42 Å². The van der Waals surface area contributed by atoms with Crippen LogP contribution in [0, 0.1) is 11.8 Å². The lowest BCUT2D eigenvalue weighted by molar-refractivity contribution is -0.146. The van der Waals surface area contributed by atoms with Crippen LogP contribution in [0.5, 0.6) is 0 Å². The van der Waals surface area contributed by atoms with Gasteiger partial charge < -0.3 is 9.84 Å². The second-order valence-electron chi connectivity index (χ2n) is 2.31. The molecule has 4 nitrogen and oxygen atoms in total. The molecular weight excluding hydrogens is 172 g/mol. The molecule has 0 aromatic heterocycles. The summed E-state index contributed by atoms with van der Waals surface area (Å²) < 4.78 is 4.35. The average Bonchev–Trinajstić information content (AvgIpc) is 2.64. The van der Waals surface area contributed by atoms with Crippen LogP contribution in [0.4, 0.5) is 0 Å². The van der Waals surface area contributed by atoms with Crippen molar-refractivity contribution in [1.82, 2.24) is 0 Å². The van der Waals surface area contributed by atoms with Gasteiger partial charge in [0.1, 0.15) is 0 Å². The Morgan fingerprint density at radius 2 is 2.00 bits per heavy atom. The highest BCUT2D eigenvalue weighted by Crippen LogP contribution is 2.39. The number of methoxy groups -OCH3 is 1. The monoisotopic (exact) mass is 180 g/mol. The molecule has 5 heteroatoms. The Balaban J connectivity index is 0.000001000. The van der Waals surface area contributed by atoms with Gasteiger partial charge in [0, 0.05) is 0 Å². The third-order valence-electron chi connectivity index (χ3n) is 1.61. The Kier molecular flexibility index (Phi) is 3.32. The van der Waals surface area contributed by atoms with Crippen molar-refractivity contribution in [3.8, 4) is 0 Å². The van der Waals surface area contributed by atoms with Crippen molar-refractivity contribution in [2.75, 3.05) is 7.11 Å². The lowest BCUT2D eigenvalue weighted by Gasteiger charge is -1.92. The van der Waals surface area contributed by atoms with Crippen molar-refractivity contribution in [3.05, 3.63) is 0 Å². The van der Waals surface area contributed by atoms with Gasteiger partial charge in [-0.2, -0.15) is 0 Å². The van der Waals surface area contributed by atoms with Crippen molar-refractivity contribution in [1.29, 1.82) is 0 Å². The number of esters is 1. The Bertz CT molecular complexity index is 179. The number of carbonyl (C=O) groups excluding carboxylic acids is 1. The second-order valence-corrected chi connectivity index (χ2v) is 2.31. The summed E-state index contributed by atoms with van der Waals surface area (Å²) in [6.07, 6.45) is 0.433. The van der Waals surface area contributed by atoms with Gasteiger partial charge in [-0.1, -0.05) is 0 Å². The maximum Gasteiger partial charge on any atom is 0.309 e. The minimum atomic E-state index is -0.907. The largest absolute Gasteiger partial charge is 0.481 e. The summed E-state index contributed by atoms with van der Waals surface area (Å²) in [6, 6.07) is 0. The number of carboxylic acids is 1. The number of halogens is 1. The Hall–Kier alpha value is -0.770. The van der Waals surface area contributed by atoms with Crippen LogP contribution < -0.4 is 0 Å². The highest BCUT2D eigenvalue weighted by atomic mass is 35.5. The molecule has 0 bridgehead atoms. The van der Waals surface area contributed by atoms with Crippen LogP contribution in [0.3, 0.4) is 0 Å². The summed E-state index contributed by atoms with van der Waals surface area (Å²) in [5.74, 6) is -2.20. The smallest absolute Gasteiger partial charge is 0.309 e. The van der Waals surface area contributed by atoms with Gasteiger partial charge in [-0.25, -0.2) is 0 Å². The van der Waals surface area contributed by atoms with E-state index in [0.717, 1.165) is 0 Å². The number of ether oxygens (including phenoxy) is 1. The summed E-state index contributed by atoms with van der Waals surface area (Å²) in [5, 5.41) is 8.36. The fourth-order valence-corrected chi connectivity index (χ4v) is 0.880. The predicted octanol–water partition coefficient (Wildman–Crippen LogP) is 0.302. The third-order valence-corrected chi connectivity index (χ3v) is 1.61. The van der Waals surface area contributed by atoms with Crippen LogP contribution in [0.25, 0.3) is 0 Å². The molecule has 0 aromatic rings. The standard InChI is InChI=1S/C6H8O4.ClH/c1-10-6(9)4-2-3(4)5(7)8;/h3-4H,2H2,1H3,(H,7,8);1H. The molecule has 0 radical (unpaired) electrons. The third kappa shape index (κ3) is 2.08. The Morgan fingerprint density at radius 3 is 2.27 bits per heavy atom. The van der Waals surface area contributed by atoms with Crippen LogP contribution in [0.1, 0.15) is 6.42 Å². The SMILES string of the molecule is COC(=O)C1CC1C(=O)O.Cl. The maximum atomic E-state index is 10.6. The quantitative estimate of drug-likeness (QED) is 0.621. The predicted molar refractivity (Wildman–Crippen MR) is 38.5 cm³/mol. The second kappa shape index (κ2) is 3.57. The van der Waals surface area contributed by atoms with Crippen LogP contribution >= 0.6 is 12.4 Å². The molecule has 2 unspecified atom stereocenters. The lowest BCUT2D eigenvalue weighted by atomic mass is 10.3. The number of hydrogen-bond acceptors (Lipinski definition) is 3. The summed E-state index contributed by atoms with van der Waals surface area (Å²) in [5.41, 5.74) is 0. The molecular formula is C6H9ClO4. The zero-order valence-electron chi connectivity index (χ0n) is 5.94. The van der Waals surface area contributed by atoms with Crippen LogP contribution in [-0.2, 0) is 14.3 Å². The summed E-state index contributed by atoms with van der Waals surface area (Å²) in [4.78, 5) is 20.8. The van der Waals surface area contributed by atoms with E-state index in [9.17, 15) is 9.59 Å². The first-order chi connectivity index (χ1) is 4.66. The number of rotatable bonds is 2. The van der Waals surface area contributed by atoms with Crippen molar-refractivity contribution >= 4 is 24.3 Å². The molecule has 0 heterocycles. The summed E-state index contributed by atoms with van der Waals surface area (Å²) >= 11 is 0. The normalized spacial score (nSPS) is 26.6. The molecule has 1 N–H and O–H groups in total. The molecule has 0 spiro atoms. The number of aliphatic carboxylic acids is 1. The van der Waals surface area contributed by atoms with Gasteiger partial charge in [-0.15, -0.1) is 12.4 Å². The van der Waals surface area contributed by atoms with Crippen molar-refractivity contribution in [2.45, 2.75) is 6.42 Å². The van der Waals surface area contributed by atoms with E-state index in [1.807, 2.05) is 0 Å². The topological polar surface area (TPSA) is 63.6 Å². The van der Waals surface area contributed by atoms with Crippen molar-refractivity contribution < 1.29 is 19.4 Å². The first-order valence-corrected chi connectivity index (χ1v) is 2.97. The minimum Gasteiger partial charge on any atom is -0.481 e. The molecule has 0 aromatic carbocycles. The van der Waals surface area contributed by atoms with Gasteiger partial charge in [-0.05, 0) is 6.42 Å². The molecule has 2 atom stereocenters.